The van der Waals surface area contributed by atoms with Gasteiger partial charge in [-0.2, -0.15) is 4.98 Å². The van der Waals surface area contributed by atoms with Crippen molar-refractivity contribution >= 4 is 5.69 Å². The van der Waals surface area contributed by atoms with E-state index in [1.54, 1.807) is 0 Å². The van der Waals surface area contributed by atoms with Crippen molar-refractivity contribution in [2.75, 3.05) is 5.73 Å². The number of nitrogens with zero attached hydrogens (tertiary/aromatic N) is 2. The van der Waals surface area contributed by atoms with Crippen LogP contribution in [0.3, 0.4) is 0 Å². The Hall–Kier alpha value is -3.40. The Morgan fingerprint density at radius 1 is 0.741 bits per heavy atom. The lowest BCUT2D eigenvalue weighted by atomic mass is 10.0. The topological polar surface area (TPSA) is 64.9 Å². The van der Waals surface area contributed by atoms with Crippen LogP contribution in [0.15, 0.2) is 77.3 Å². The summed E-state index contributed by atoms with van der Waals surface area (Å²) >= 11 is 0. The second-order valence-electron chi connectivity index (χ2n) is 5.94. The summed E-state index contributed by atoms with van der Waals surface area (Å²) in [6, 6.07) is 24.0. The highest BCUT2D eigenvalue weighted by atomic mass is 16.5. The molecule has 3 aromatic carbocycles. The predicted molar refractivity (Wildman–Crippen MR) is 111 cm³/mol. The molecule has 0 aliphatic carbocycles. The molecule has 27 heavy (non-hydrogen) atoms. The maximum atomic E-state index is 5.87. The third-order valence-electron chi connectivity index (χ3n) is 4.17. The van der Waals surface area contributed by atoms with Gasteiger partial charge >= 0.3 is 0 Å². The highest BCUT2D eigenvalue weighted by molar-refractivity contribution is 5.70. The number of nitrogens with two attached hydrogens (primary N) is 1. The molecule has 0 unspecified atom stereocenters. The van der Waals surface area contributed by atoms with Crippen LogP contribution in [0.2, 0.25) is 0 Å². The Morgan fingerprint density at radius 2 is 1.44 bits per heavy atom. The van der Waals surface area contributed by atoms with Crippen molar-refractivity contribution in [2.45, 2.75) is 20.8 Å². The maximum Gasteiger partial charge on any atom is 0.258 e. The first kappa shape index (κ1) is 18.4. The number of nitrogen functional groups attached to an aromatic ring is 1. The minimum atomic E-state index is 0.502. The minimum Gasteiger partial charge on any atom is -0.399 e. The van der Waals surface area contributed by atoms with E-state index < -0.39 is 0 Å². The van der Waals surface area contributed by atoms with Crippen LogP contribution >= 0.6 is 0 Å². The quantitative estimate of drug-likeness (QED) is 0.458. The summed E-state index contributed by atoms with van der Waals surface area (Å²) in [5.41, 5.74) is 11.7. The molecule has 0 amide bonds. The van der Waals surface area contributed by atoms with Gasteiger partial charge in [-0.15, -0.1) is 0 Å². The summed E-state index contributed by atoms with van der Waals surface area (Å²) in [6.45, 7) is 5.96. The van der Waals surface area contributed by atoms with Crippen molar-refractivity contribution in [3.8, 4) is 34.0 Å². The summed E-state index contributed by atoms with van der Waals surface area (Å²) < 4.78 is 5.47. The van der Waals surface area contributed by atoms with E-state index in [2.05, 4.69) is 34.4 Å². The van der Waals surface area contributed by atoms with Crippen molar-refractivity contribution in [1.82, 2.24) is 10.1 Å². The number of benzene rings is 3. The van der Waals surface area contributed by atoms with Gasteiger partial charge in [0, 0.05) is 16.8 Å². The van der Waals surface area contributed by atoms with E-state index in [9.17, 15) is 0 Å². The molecule has 4 heteroatoms. The van der Waals surface area contributed by atoms with Crippen molar-refractivity contribution in [1.29, 1.82) is 0 Å². The Labute approximate surface area is 159 Å². The molecule has 136 valence electrons. The predicted octanol–water partition coefficient (Wildman–Crippen LogP) is 5.99. The van der Waals surface area contributed by atoms with Gasteiger partial charge in [-0.05, 0) is 53.9 Å². The summed E-state index contributed by atoms with van der Waals surface area (Å²) in [4.78, 5) is 4.54. The normalized spacial score (nSPS) is 10.2. The lowest BCUT2D eigenvalue weighted by Crippen LogP contribution is -1.90. The fraction of sp³-hybridized carbons (Fsp3) is 0.130. The Balaban J connectivity index is 0.00000102. The summed E-state index contributed by atoms with van der Waals surface area (Å²) in [6.07, 6.45) is 0. The van der Waals surface area contributed by atoms with Gasteiger partial charge in [0.15, 0.2) is 0 Å². The van der Waals surface area contributed by atoms with Crippen LogP contribution in [0.1, 0.15) is 19.4 Å². The molecule has 1 aromatic heterocycles. The van der Waals surface area contributed by atoms with Crippen LogP contribution in [-0.2, 0) is 0 Å². The first-order chi connectivity index (χ1) is 13.2. The lowest BCUT2D eigenvalue weighted by Gasteiger charge is -2.02. The summed E-state index contributed by atoms with van der Waals surface area (Å²) in [7, 11) is 0. The van der Waals surface area contributed by atoms with Gasteiger partial charge < -0.3 is 10.3 Å². The zero-order valence-electron chi connectivity index (χ0n) is 15.8. The SMILES string of the molecule is CC.Cc1cc(-c2noc(-c3cccc(-c4ccccc4)c3)n2)ccc1N. The Morgan fingerprint density at radius 3 is 2.19 bits per heavy atom. The maximum absolute atomic E-state index is 5.87. The molecular formula is C23H23N3O. The minimum absolute atomic E-state index is 0.502. The largest absolute Gasteiger partial charge is 0.399 e. The zero-order chi connectivity index (χ0) is 19.2. The number of hydrogen-bond donors (Lipinski definition) is 1. The molecule has 4 nitrogen and oxygen atoms in total. The second-order valence-corrected chi connectivity index (χ2v) is 5.94. The number of hydrogen-bond acceptors (Lipinski definition) is 4. The first-order valence-corrected chi connectivity index (χ1v) is 9.07. The summed E-state index contributed by atoms with van der Waals surface area (Å²) in [5.74, 6) is 1.06. The van der Waals surface area contributed by atoms with E-state index in [1.165, 1.54) is 0 Å². The average Bonchev–Trinajstić information content (AvgIpc) is 3.23. The standard InChI is InChI=1S/C21H17N3O.C2H6/c1-14-12-17(10-11-19(14)22)20-23-21(25-24-20)18-9-5-8-16(13-18)15-6-3-2-4-7-15;1-2/h2-13H,22H2,1H3;1-2H3. The van der Waals surface area contributed by atoms with Crippen LogP contribution in [0.4, 0.5) is 5.69 Å². The highest BCUT2D eigenvalue weighted by Crippen LogP contribution is 2.27. The van der Waals surface area contributed by atoms with E-state index in [4.69, 9.17) is 10.3 Å². The molecule has 0 saturated heterocycles. The average molecular weight is 357 g/mol. The Bertz CT molecular complexity index is 1020. The molecule has 0 bridgehead atoms. The van der Waals surface area contributed by atoms with Gasteiger partial charge in [-0.25, -0.2) is 0 Å². The molecule has 0 fully saturated rings. The third kappa shape index (κ3) is 4.06. The third-order valence-corrected chi connectivity index (χ3v) is 4.17. The van der Waals surface area contributed by atoms with E-state index in [0.717, 1.165) is 33.5 Å². The smallest absolute Gasteiger partial charge is 0.258 e. The first-order valence-electron chi connectivity index (χ1n) is 9.07. The molecular weight excluding hydrogens is 334 g/mol. The molecule has 0 atom stereocenters. The van der Waals surface area contributed by atoms with E-state index in [-0.39, 0.29) is 0 Å². The molecule has 0 radical (unpaired) electrons. The Kier molecular flexibility index (Phi) is 5.67. The van der Waals surface area contributed by atoms with Crippen LogP contribution in [0.5, 0.6) is 0 Å². The molecule has 4 rings (SSSR count). The molecule has 0 saturated carbocycles. The molecule has 0 aliphatic heterocycles. The lowest BCUT2D eigenvalue weighted by molar-refractivity contribution is 0.432. The number of rotatable bonds is 3. The van der Waals surface area contributed by atoms with Gasteiger partial charge in [-0.1, -0.05) is 61.5 Å². The van der Waals surface area contributed by atoms with Gasteiger partial charge in [-0.3, -0.25) is 0 Å². The molecule has 1 heterocycles. The number of aromatic nitrogens is 2. The monoisotopic (exact) mass is 357 g/mol. The second kappa shape index (κ2) is 8.32. The summed E-state index contributed by atoms with van der Waals surface area (Å²) in [5, 5.41) is 4.11. The van der Waals surface area contributed by atoms with Gasteiger partial charge in [0.2, 0.25) is 5.82 Å². The fourth-order valence-electron chi connectivity index (χ4n) is 2.74. The van der Waals surface area contributed by atoms with Gasteiger partial charge in [0.1, 0.15) is 0 Å². The van der Waals surface area contributed by atoms with E-state index in [0.29, 0.717) is 11.7 Å². The van der Waals surface area contributed by atoms with Crippen LogP contribution in [0, 0.1) is 6.92 Å². The molecule has 2 N–H and O–H groups in total. The van der Waals surface area contributed by atoms with Crippen molar-refractivity contribution < 1.29 is 4.52 Å². The highest BCUT2D eigenvalue weighted by Gasteiger charge is 2.12. The molecule has 0 spiro atoms. The number of anilines is 1. The van der Waals surface area contributed by atoms with Crippen LogP contribution < -0.4 is 5.73 Å². The fourth-order valence-corrected chi connectivity index (χ4v) is 2.74. The van der Waals surface area contributed by atoms with Crippen LogP contribution in [0.25, 0.3) is 34.0 Å². The molecule has 4 aromatic rings. The van der Waals surface area contributed by atoms with Crippen molar-refractivity contribution in [3.63, 3.8) is 0 Å². The van der Waals surface area contributed by atoms with Crippen molar-refractivity contribution in [2.24, 2.45) is 0 Å². The zero-order valence-corrected chi connectivity index (χ0v) is 15.8. The van der Waals surface area contributed by atoms with Gasteiger partial charge in [0.05, 0.1) is 0 Å². The molecule has 0 aliphatic rings. The number of aryl methyl sites for hydroxylation is 1. The van der Waals surface area contributed by atoms with E-state index >= 15 is 0 Å². The van der Waals surface area contributed by atoms with Crippen LogP contribution in [-0.4, -0.2) is 10.1 Å². The van der Waals surface area contributed by atoms with E-state index in [1.807, 2.05) is 69.3 Å². The van der Waals surface area contributed by atoms with Gasteiger partial charge in [0.25, 0.3) is 5.89 Å². The van der Waals surface area contributed by atoms with Crippen molar-refractivity contribution in [3.05, 3.63) is 78.4 Å².